The van der Waals surface area contributed by atoms with Crippen LogP contribution in [0.25, 0.3) is 0 Å². The number of nitrogens with two attached hydrogens (primary N) is 1. The summed E-state index contributed by atoms with van der Waals surface area (Å²) in [7, 11) is -3.74. The van der Waals surface area contributed by atoms with Crippen LogP contribution in [-0.4, -0.2) is 18.6 Å². The monoisotopic (exact) mass is 375 g/mol. The number of ether oxygens (including phenoxy) is 1. The van der Waals surface area contributed by atoms with Gasteiger partial charge in [0, 0.05) is 6.42 Å². The Morgan fingerprint density at radius 1 is 1.43 bits per heavy atom. The normalized spacial score (nSPS) is 11.6. The van der Waals surface area contributed by atoms with E-state index in [1.165, 1.54) is 18.2 Å². The molecule has 0 unspecified atom stereocenters. The molecule has 21 heavy (non-hydrogen) atoms. The maximum absolute atomic E-state index is 11.2. The number of sulfonamides is 1. The molecule has 0 radical (unpaired) electrons. The van der Waals surface area contributed by atoms with Gasteiger partial charge < -0.3 is 9.26 Å². The minimum atomic E-state index is -3.74. The number of rotatable bonds is 6. The molecule has 0 aliphatic carbocycles. The lowest BCUT2D eigenvalue weighted by Gasteiger charge is -2.07. The van der Waals surface area contributed by atoms with E-state index in [1.54, 1.807) is 0 Å². The Morgan fingerprint density at radius 3 is 2.81 bits per heavy atom. The maximum atomic E-state index is 11.2. The number of hydrogen-bond donors (Lipinski definition) is 1. The van der Waals surface area contributed by atoms with Crippen molar-refractivity contribution in [2.45, 2.75) is 31.3 Å². The zero-order chi connectivity index (χ0) is 15.5. The fourth-order valence-corrected chi connectivity index (χ4v) is 2.77. The molecular weight excluding hydrogens is 362 g/mol. The lowest BCUT2D eigenvalue weighted by atomic mass is 10.3. The minimum Gasteiger partial charge on any atom is -0.483 e. The Bertz CT molecular complexity index is 730. The highest BCUT2D eigenvalue weighted by Crippen LogP contribution is 2.28. The Kier molecular flexibility index (Phi) is 4.96. The number of aryl methyl sites for hydroxylation is 1. The SMILES string of the molecule is CCCc1noc(COc2ccc(S(N)(=O)=O)cc2Br)n1. The molecule has 0 fully saturated rings. The average Bonchev–Trinajstić information content (AvgIpc) is 2.84. The van der Waals surface area contributed by atoms with E-state index >= 15 is 0 Å². The number of nitrogens with zero attached hydrogens (tertiary/aromatic N) is 2. The number of benzene rings is 1. The molecule has 114 valence electrons. The van der Waals surface area contributed by atoms with Crippen LogP contribution in [0.2, 0.25) is 0 Å². The summed E-state index contributed by atoms with van der Waals surface area (Å²) >= 11 is 3.23. The highest BCUT2D eigenvalue weighted by molar-refractivity contribution is 9.10. The second-order valence-electron chi connectivity index (χ2n) is 4.28. The molecule has 2 N–H and O–H groups in total. The van der Waals surface area contributed by atoms with Crippen molar-refractivity contribution in [3.05, 3.63) is 34.4 Å². The standard InChI is InChI=1S/C12H14BrN3O4S/c1-2-3-11-15-12(20-16-11)7-19-10-5-4-8(6-9(10)13)21(14,17)18/h4-6H,2-3,7H2,1H3,(H2,14,17,18). The Hall–Kier alpha value is -1.45. The summed E-state index contributed by atoms with van der Waals surface area (Å²) in [4.78, 5) is 4.17. The maximum Gasteiger partial charge on any atom is 0.264 e. The van der Waals surface area contributed by atoms with Gasteiger partial charge in [-0.2, -0.15) is 4.98 Å². The molecule has 0 aliphatic heterocycles. The molecule has 0 aliphatic rings. The van der Waals surface area contributed by atoms with Crippen molar-refractivity contribution in [3.8, 4) is 5.75 Å². The van der Waals surface area contributed by atoms with E-state index in [0.29, 0.717) is 21.9 Å². The van der Waals surface area contributed by atoms with Gasteiger partial charge in [-0.05, 0) is 40.5 Å². The van der Waals surface area contributed by atoms with E-state index in [1.807, 2.05) is 6.92 Å². The quantitative estimate of drug-likeness (QED) is 0.826. The van der Waals surface area contributed by atoms with Crippen molar-refractivity contribution in [1.82, 2.24) is 10.1 Å². The van der Waals surface area contributed by atoms with Crippen molar-refractivity contribution in [1.29, 1.82) is 0 Å². The Morgan fingerprint density at radius 2 is 2.19 bits per heavy atom. The van der Waals surface area contributed by atoms with Gasteiger partial charge >= 0.3 is 0 Å². The Balaban J connectivity index is 2.06. The second kappa shape index (κ2) is 6.54. The molecule has 0 atom stereocenters. The molecule has 1 aromatic carbocycles. The number of halogens is 1. The van der Waals surface area contributed by atoms with Crippen LogP contribution >= 0.6 is 15.9 Å². The van der Waals surface area contributed by atoms with E-state index in [-0.39, 0.29) is 11.5 Å². The topological polar surface area (TPSA) is 108 Å². The van der Waals surface area contributed by atoms with E-state index in [4.69, 9.17) is 14.4 Å². The van der Waals surface area contributed by atoms with Crippen LogP contribution in [0.1, 0.15) is 25.1 Å². The van der Waals surface area contributed by atoms with Gasteiger partial charge in [0.15, 0.2) is 12.4 Å². The third-order valence-corrected chi connectivity index (χ3v) is 4.10. The van der Waals surface area contributed by atoms with Gasteiger partial charge in [0.05, 0.1) is 9.37 Å². The van der Waals surface area contributed by atoms with Crippen molar-refractivity contribution >= 4 is 26.0 Å². The molecule has 0 amide bonds. The van der Waals surface area contributed by atoms with Crippen molar-refractivity contribution in [2.75, 3.05) is 0 Å². The van der Waals surface area contributed by atoms with E-state index in [0.717, 1.165) is 12.8 Å². The molecule has 1 aromatic heterocycles. The first-order valence-electron chi connectivity index (χ1n) is 6.16. The zero-order valence-electron chi connectivity index (χ0n) is 11.2. The lowest BCUT2D eigenvalue weighted by molar-refractivity contribution is 0.241. The highest BCUT2D eigenvalue weighted by Gasteiger charge is 2.12. The van der Waals surface area contributed by atoms with Crippen molar-refractivity contribution < 1.29 is 17.7 Å². The number of aromatic nitrogens is 2. The summed E-state index contributed by atoms with van der Waals surface area (Å²) in [6, 6.07) is 4.25. The molecule has 1 heterocycles. The van der Waals surface area contributed by atoms with Gasteiger partial charge in [0.1, 0.15) is 5.75 Å². The van der Waals surface area contributed by atoms with Gasteiger partial charge in [0.2, 0.25) is 10.0 Å². The van der Waals surface area contributed by atoms with Gasteiger partial charge in [-0.25, -0.2) is 13.6 Å². The van der Waals surface area contributed by atoms with E-state index < -0.39 is 10.0 Å². The van der Waals surface area contributed by atoms with Crippen LogP contribution in [0, 0.1) is 0 Å². The third kappa shape index (κ3) is 4.26. The largest absolute Gasteiger partial charge is 0.483 e. The average molecular weight is 376 g/mol. The summed E-state index contributed by atoms with van der Waals surface area (Å²) in [6.45, 7) is 2.13. The molecular formula is C12H14BrN3O4S. The summed E-state index contributed by atoms with van der Waals surface area (Å²) in [5.74, 6) is 1.46. The van der Waals surface area contributed by atoms with Crippen LogP contribution in [0.5, 0.6) is 5.75 Å². The van der Waals surface area contributed by atoms with E-state index in [9.17, 15) is 8.42 Å². The summed E-state index contributed by atoms with van der Waals surface area (Å²) in [5, 5.41) is 8.86. The first-order valence-corrected chi connectivity index (χ1v) is 8.50. The van der Waals surface area contributed by atoms with Crippen LogP contribution in [-0.2, 0) is 23.1 Å². The van der Waals surface area contributed by atoms with Crippen molar-refractivity contribution in [2.24, 2.45) is 5.14 Å². The minimum absolute atomic E-state index is 0.00440. The van der Waals surface area contributed by atoms with E-state index in [2.05, 4.69) is 26.1 Å². The molecule has 2 aromatic rings. The first kappa shape index (κ1) is 15.9. The smallest absolute Gasteiger partial charge is 0.264 e. The van der Waals surface area contributed by atoms with Crippen LogP contribution in [0.15, 0.2) is 32.1 Å². The fourth-order valence-electron chi connectivity index (χ4n) is 1.59. The predicted octanol–water partition coefficient (Wildman–Crippen LogP) is 2.01. The summed E-state index contributed by atoms with van der Waals surface area (Å²) in [5.41, 5.74) is 0. The van der Waals surface area contributed by atoms with Gasteiger partial charge in [-0.1, -0.05) is 12.1 Å². The summed E-state index contributed by atoms with van der Waals surface area (Å²) in [6.07, 6.45) is 1.68. The fraction of sp³-hybridized carbons (Fsp3) is 0.333. The third-order valence-electron chi connectivity index (χ3n) is 2.57. The molecule has 0 saturated carbocycles. The molecule has 2 rings (SSSR count). The first-order chi connectivity index (χ1) is 9.90. The Labute approximate surface area is 130 Å². The summed E-state index contributed by atoms with van der Waals surface area (Å²) < 4.78 is 33.5. The van der Waals surface area contributed by atoms with Crippen LogP contribution < -0.4 is 9.88 Å². The second-order valence-corrected chi connectivity index (χ2v) is 6.70. The lowest BCUT2D eigenvalue weighted by Crippen LogP contribution is -2.12. The molecule has 9 heteroatoms. The van der Waals surface area contributed by atoms with Crippen molar-refractivity contribution in [3.63, 3.8) is 0 Å². The predicted molar refractivity (Wildman–Crippen MR) is 78.1 cm³/mol. The molecule has 0 spiro atoms. The molecule has 7 nitrogen and oxygen atoms in total. The van der Waals surface area contributed by atoms with Gasteiger partial charge in [-0.3, -0.25) is 0 Å². The highest BCUT2D eigenvalue weighted by atomic mass is 79.9. The number of primary sulfonamides is 1. The molecule has 0 bridgehead atoms. The van der Waals surface area contributed by atoms with Gasteiger partial charge in [-0.15, -0.1) is 0 Å². The zero-order valence-corrected chi connectivity index (χ0v) is 13.6. The van der Waals surface area contributed by atoms with Crippen LogP contribution in [0.4, 0.5) is 0 Å². The molecule has 0 saturated heterocycles. The van der Waals surface area contributed by atoms with Gasteiger partial charge in [0.25, 0.3) is 5.89 Å². The number of hydrogen-bond acceptors (Lipinski definition) is 6. The van der Waals surface area contributed by atoms with Crippen LogP contribution in [0.3, 0.4) is 0 Å².